The number of carbonyl (C=O) groups is 1. The molecule has 0 aliphatic carbocycles. The zero-order chi connectivity index (χ0) is 8.15. The molecular weight excluding hydrogens is 130 g/mol. The Hall–Kier alpha value is -0.950. The Kier molecular flexibility index (Phi) is 3.59. The highest BCUT2D eigenvalue weighted by Gasteiger charge is 2.14. The van der Waals surface area contributed by atoms with Gasteiger partial charge in [-0.15, -0.1) is 4.99 Å². The van der Waals surface area contributed by atoms with E-state index in [0.29, 0.717) is 0 Å². The van der Waals surface area contributed by atoms with E-state index in [1.807, 2.05) is 13.8 Å². The summed E-state index contributed by atoms with van der Waals surface area (Å²) >= 11 is 0. The molecule has 3 nitrogen and oxygen atoms in total. The second-order valence-electron chi connectivity index (χ2n) is 2.57. The van der Waals surface area contributed by atoms with Gasteiger partial charge in [-0.05, 0) is 5.92 Å². The summed E-state index contributed by atoms with van der Waals surface area (Å²) in [5.41, 5.74) is 0. The van der Waals surface area contributed by atoms with Gasteiger partial charge in [-0.2, -0.15) is 0 Å². The van der Waals surface area contributed by atoms with Crippen LogP contribution in [0.5, 0.6) is 0 Å². The summed E-state index contributed by atoms with van der Waals surface area (Å²) < 4.78 is 0. The first-order valence-electron chi connectivity index (χ1n) is 3.21. The molecule has 10 heavy (non-hydrogen) atoms. The van der Waals surface area contributed by atoms with Gasteiger partial charge in [0, 0.05) is 5.92 Å². The Labute approximate surface area is 60.1 Å². The minimum absolute atomic E-state index is 0.179. The van der Waals surface area contributed by atoms with Crippen LogP contribution in [0.15, 0.2) is 4.99 Å². The molecule has 1 amide bonds. The number of carbonyl (C=O) groups excluding carboxylic acids is 2. The van der Waals surface area contributed by atoms with Crippen LogP contribution in [0.4, 0.5) is 0 Å². The lowest BCUT2D eigenvalue weighted by Crippen LogP contribution is -2.13. The second kappa shape index (κ2) is 3.96. The minimum atomic E-state index is -0.384. The molecule has 0 bridgehead atoms. The van der Waals surface area contributed by atoms with Crippen LogP contribution in [0.25, 0.3) is 0 Å². The van der Waals surface area contributed by atoms with Crippen molar-refractivity contribution in [3.8, 4) is 0 Å². The zero-order valence-corrected chi connectivity index (χ0v) is 6.42. The van der Waals surface area contributed by atoms with Crippen LogP contribution >= 0.6 is 0 Å². The van der Waals surface area contributed by atoms with Gasteiger partial charge < -0.3 is 0 Å². The predicted molar refractivity (Wildman–Crippen MR) is 37.1 cm³/mol. The lowest BCUT2D eigenvalue weighted by molar-refractivity contribution is -0.122. The molecular formula is C7H11NO2. The summed E-state index contributed by atoms with van der Waals surface area (Å²) in [6, 6.07) is 0. The van der Waals surface area contributed by atoms with Crippen molar-refractivity contribution in [2.24, 2.45) is 16.8 Å². The highest BCUT2D eigenvalue weighted by molar-refractivity contribution is 5.83. The molecule has 56 valence electrons. The molecule has 0 radical (unpaired) electrons. The van der Waals surface area contributed by atoms with E-state index in [1.165, 1.54) is 6.08 Å². The first-order chi connectivity index (χ1) is 4.59. The Morgan fingerprint density at radius 3 is 2.20 bits per heavy atom. The van der Waals surface area contributed by atoms with E-state index in [1.54, 1.807) is 6.92 Å². The highest BCUT2D eigenvalue weighted by atomic mass is 16.2. The molecule has 1 unspecified atom stereocenters. The van der Waals surface area contributed by atoms with Crippen LogP contribution in [-0.2, 0) is 9.59 Å². The maximum atomic E-state index is 10.8. The fourth-order valence-corrected chi connectivity index (χ4v) is 0.432. The van der Waals surface area contributed by atoms with Gasteiger partial charge in [-0.3, -0.25) is 4.79 Å². The fourth-order valence-electron chi connectivity index (χ4n) is 0.432. The number of amides is 1. The first kappa shape index (κ1) is 9.05. The average molecular weight is 141 g/mol. The van der Waals surface area contributed by atoms with Crippen LogP contribution in [0.1, 0.15) is 20.8 Å². The van der Waals surface area contributed by atoms with E-state index in [2.05, 4.69) is 4.99 Å². The van der Waals surface area contributed by atoms with Crippen LogP contribution in [0.2, 0.25) is 0 Å². The van der Waals surface area contributed by atoms with Crippen LogP contribution in [0.3, 0.4) is 0 Å². The largest absolute Gasteiger partial charge is 0.271 e. The van der Waals surface area contributed by atoms with Crippen molar-refractivity contribution < 1.29 is 9.59 Å². The molecule has 0 aliphatic heterocycles. The second-order valence-corrected chi connectivity index (χ2v) is 2.57. The summed E-state index contributed by atoms with van der Waals surface area (Å²) in [5, 5.41) is 0. The molecule has 0 N–H and O–H groups in total. The SMILES string of the molecule is CC(C)C(C)C(=O)N=C=O. The fraction of sp³-hybridized carbons (Fsp3) is 0.714. The molecule has 0 aromatic rings. The molecule has 0 aromatic heterocycles. The molecule has 0 aromatic carbocycles. The third-order valence-electron chi connectivity index (χ3n) is 1.55. The van der Waals surface area contributed by atoms with Crippen LogP contribution in [-0.4, -0.2) is 12.0 Å². The third-order valence-corrected chi connectivity index (χ3v) is 1.55. The Morgan fingerprint density at radius 1 is 1.40 bits per heavy atom. The maximum Gasteiger partial charge on any atom is 0.259 e. The van der Waals surface area contributed by atoms with Gasteiger partial charge in [0.15, 0.2) is 0 Å². The van der Waals surface area contributed by atoms with Crippen molar-refractivity contribution >= 4 is 12.0 Å². The lowest BCUT2D eigenvalue weighted by atomic mass is 9.98. The van der Waals surface area contributed by atoms with Crippen molar-refractivity contribution in [1.29, 1.82) is 0 Å². The smallest absolute Gasteiger partial charge is 0.259 e. The third kappa shape index (κ3) is 2.55. The number of rotatable bonds is 2. The van der Waals surface area contributed by atoms with Crippen molar-refractivity contribution in [3.05, 3.63) is 0 Å². The molecule has 0 saturated carbocycles. The Bertz CT molecular complexity index is 168. The van der Waals surface area contributed by atoms with Crippen LogP contribution < -0.4 is 0 Å². The predicted octanol–water partition coefficient (Wildman–Crippen LogP) is 1.14. The number of aliphatic imine (C=N–C) groups is 1. The summed E-state index contributed by atoms with van der Waals surface area (Å²) in [6.07, 6.45) is 1.23. The van der Waals surface area contributed by atoms with Gasteiger partial charge >= 0.3 is 0 Å². The van der Waals surface area contributed by atoms with E-state index < -0.39 is 0 Å². The molecule has 3 heteroatoms. The van der Waals surface area contributed by atoms with Gasteiger partial charge in [0.1, 0.15) is 0 Å². The normalized spacial score (nSPS) is 12.4. The number of nitrogens with zero attached hydrogens (tertiary/aromatic N) is 1. The van der Waals surface area contributed by atoms with E-state index in [9.17, 15) is 9.59 Å². The van der Waals surface area contributed by atoms with Gasteiger partial charge in [-0.1, -0.05) is 20.8 Å². The monoisotopic (exact) mass is 141 g/mol. The van der Waals surface area contributed by atoms with Crippen molar-refractivity contribution in [3.63, 3.8) is 0 Å². The maximum absolute atomic E-state index is 10.8. The molecule has 0 saturated heterocycles. The van der Waals surface area contributed by atoms with E-state index >= 15 is 0 Å². The molecule has 0 spiro atoms. The number of hydrogen-bond donors (Lipinski definition) is 0. The Balaban J connectivity index is 4.07. The van der Waals surface area contributed by atoms with Crippen molar-refractivity contribution in [1.82, 2.24) is 0 Å². The topological polar surface area (TPSA) is 46.5 Å². The average Bonchev–Trinajstić information content (AvgIpc) is 1.87. The number of hydrogen-bond acceptors (Lipinski definition) is 2. The highest BCUT2D eigenvalue weighted by Crippen LogP contribution is 2.10. The van der Waals surface area contributed by atoms with E-state index in [0.717, 1.165) is 0 Å². The van der Waals surface area contributed by atoms with Gasteiger partial charge in [0.05, 0.1) is 0 Å². The molecule has 0 fully saturated rings. The summed E-state index contributed by atoms with van der Waals surface area (Å²) in [7, 11) is 0. The van der Waals surface area contributed by atoms with Gasteiger partial charge in [0.25, 0.3) is 5.91 Å². The van der Waals surface area contributed by atoms with Gasteiger partial charge in [-0.25, -0.2) is 4.79 Å². The molecule has 1 atom stereocenters. The van der Waals surface area contributed by atoms with E-state index in [4.69, 9.17) is 0 Å². The minimum Gasteiger partial charge on any atom is -0.271 e. The van der Waals surface area contributed by atoms with E-state index in [-0.39, 0.29) is 17.7 Å². The first-order valence-corrected chi connectivity index (χ1v) is 3.21. The van der Waals surface area contributed by atoms with Gasteiger partial charge in [0.2, 0.25) is 6.08 Å². The van der Waals surface area contributed by atoms with Crippen LogP contribution in [0, 0.1) is 11.8 Å². The summed E-state index contributed by atoms with van der Waals surface area (Å²) in [5.74, 6) is -0.337. The summed E-state index contributed by atoms with van der Waals surface area (Å²) in [4.78, 5) is 23.4. The standard InChI is InChI=1S/C7H11NO2/c1-5(2)6(3)7(10)8-4-9/h5-6H,1-3H3. The molecule has 0 heterocycles. The quantitative estimate of drug-likeness (QED) is 0.427. The Morgan fingerprint density at radius 2 is 1.90 bits per heavy atom. The van der Waals surface area contributed by atoms with Crippen molar-refractivity contribution in [2.75, 3.05) is 0 Å². The number of isocyanates is 1. The van der Waals surface area contributed by atoms with Crippen molar-refractivity contribution in [2.45, 2.75) is 20.8 Å². The lowest BCUT2D eigenvalue weighted by Gasteiger charge is -2.08. The summed E-state index contributed by atoms with van der Waals surface area (Å²) in [6.45, 7) is 5.56. The molecule has 0 aliphatic rings. The molecule has 0 rings (SSSR count). The zero-order valence-electron chi connectivity index (χ0n) is 6.42.